The maximum atomic E-state index is 13.0. The lowest BCUT2D eigenvalue weighted by Gasteiger charge is -2.30. The molecule has 0 spiro atoms. The van der Waals surface area contributed by atoms with E-state index in [1.54, 1.807) is 0 Å². The molecule has 2 aliphatic rings. The van der Waals surface area contributed by atoms with E-state index in [9.17, 15) is 9.59 Å². The summed E-state index contributed by atoms with van der Waals surface area (Å²) in [5, 5.41) is 3.56. The van der Waals surface area contributed by atoms with E-state index in [2.05, 4.69) is 5.32 Å². The van der Waals surface area contributed by atoms with Crippen LogP contribution in [0.15, 0.2) is 24.3 Å². The van der Waals surface area contributed by atoms with Gasteiger partial charge in [0.1, 0.15) is 0 Å². The molecule has 4 nitrogen and oxygen atoms in total. The minimum atomic E-state index is -0.313. The van der Waals surface area contributed by atoms with Crippen molar-refractivity contribution in [3.8, 4) is 0 Å². The number of halogens is 1. The zero-order valence-electron chi connectivity index (χ0n) is 12.8. The van der Waals surface area contributed by atoms with Gasteiger partial charge in [-0.05, 0) is 37.8 Å². The topological polar surface area (TPSA) is 49.4 Å². The van der Waals surface area contributed by atoms with Crippen LogP contribution in [-0.2, 0) is 16.0 Å². The van der Waals surface area contributed by atoms with Crippen LogP contribution in [0.2, 0.25) is 5.02 Å². The molecule has 118 valence electrons. The van der Waals surface area contributed by atoms with Crippen molar-refractivity contribution in [1.29, 1.82) is 0 Å². The van der Waals surface area contributed by atoms with Crippen LogP contribution in [0.1, 0.15) is 31.7 Å². The largest absolute Gasteiger partial charge is 0.354 e. The van der Waals surface area contributed by atoms with Crippen LogP contribution in [0, 0.1) is 5.41 Å². The second kappa shape index (κ2) is 5.92. The predicted molar refractivity (Wildman–Crippen MR) is 85.6 cm³/mol. The molecule has 5 heteroatoms. The van der Waals surface area contributed by atoms with Crippen molar-refractivity contribution in [2.45, 2.75) is 38.6 Å². The Hall–Kier alpha value is -1.55. The summed E-state index contributed by atoms with van der Waals surface area (Å²) in [6.07, 6.45) is 2.88. The third-order valence-corrected chi connectivity index (χ3v) is 5.11. The Morgan fingerprint density at radius 1 is 1.41 bits per heavy atom. The van der Waals surface area contributed by atoms with Gasteiger partial charge >= 0.3 is 0 Å². The lowest BCUT2D eigenvalue weighted by molar-refractivity contribution is -0.139. The van der Waals surface area contributed by atoms with Crippen molar-refractivity contribution in [3.63, 3.8) is 0 Å². The molecule has 1 atom stereocenters. The standard InChI is InChI=1S/C17H21ClN2O2/c1-12-10-15(21)19-8-9-20(12)16(22)17(6-7-17)11-13-4-2-3-5-14(13)18/h2-5,12H,6-11H2,1H3,(H,19,21). The molecule has 1 aliphatic heterocycles. The van der Waals surface area contributed by atoms with E-state index in [1.165, 1.54) is 0 Å². The first kappa shape index (κ1) is 15.3. The van der Waals surface area contributed by atoms with Gasteiger partial charge in [0.05, 0.1) is 5.41 Å². The quantitative estimate of drug-likeness (QED) is 0.929. The van der Waals surface area contributed by atoms with Gasteiger partial charge < -0.3 is 10.2 Å². The highest BCUT2D eigenvalue weighted by Crippen LogP contribution is 2.51. The first-order chi connectivity index (χ1) is 10.5. The highest BCUT2D eigenvalue weighted by Gasteiger charge is 2.52. The molecule has 1 aromatic carbocycles. The number of rotatable bonds is 3. The van der Waals surface area contributed by atoms with Gasteiger partial charge in [-0.3, -0.25) is 9.59 Å². The van der Waals surface area contributed by atoms with Crippen molar-refractivity contribution in [2.24, 2.45) is 5.41 Å². The molecule has 1 aliphatic carbocycles. The fraction of sp³-hybridized carbons (Fsp3) is 0.529. The van der Waals surface area contributed by atoms with E-state index in [4.69, 9.17) is 11.6 Å². The molecule has 0 bridgehead atoms. The molecule has 1 saturated heterocycles. The predicted octanol–water partition coefficient (Wildman–Crippen LogP) is 2.40. The monoisotopic (exact) mass is 320 g/mol. The van der Waals surface area contributed by atoms with E-state index in [1.807, 2.05) is 36.1 Å². The van der Waals surface area contributed by atoms with Crippen LogP contribution in [0.3, 0.4) is 0 Å². The van der Waals surface area contributed by atoms with Crippen LogP contribution >= 0.6 is 11.6 Å². The van der Waals surface area contributed by atoms with Crippen LogP contribution in [0.4, 0.5) is 0 Å². The molecule has 2 amide bonds. The summed E-state index contributed by atoms with van der Waals surface area (Å²) < 4.78 is 0. The molecule has 1 aromatic rings. The van der Waals surface area contributed by atoms with Crippen molar-refractivity contribution < 1.29 is 9.59 Å². The van der Waals surface area contributed by atoms with Crippen molar-refractivity contribution >= 4 is 23.4 Å². The summed E-state index contributed by atoms with van der Waals surface area (Å²) >= 11 is 6.24. The fourth-order valence-electron chi connectivity index (χ4n) is 3.22. The Morgan fingerprint density at radius 3 is 2.82 bits per heavy atom. The second-order valence-corrected chi connectivity index (χ2v) is 6.86. The Labute approximate surface area is 135 Å². The van der Waals surface area contributed by atoms with Gasteiger partial charge in [0, 0.05) is 30.6 Å². The number of hydrogen-bond donors (Lipinski definition) is 1. The molecule has 1 saturated carbocycles. The van der Waals surface area contributed by atoms with Crippen molar-refractivity contribution in [2.75, 3.05) is 13.1 Å². The number of nitrogens with zero attached hydrogens (tertiary/aromatic N) is 1. The SMILES string of the molecule is CC1CC(=O)NCCN1C(=O)C1(Cc2ccccc2Cl)CC1. The molecular weight excluding hydrogens is 300 g/mol. The van der Waals surface area contributed by atoms with Crippen LogP contribution in [-0.4, -0.2) is 35.8 Å². The van der Waals surface area contributed by atoms with Gasteiger partial charge in [0.15, 0.2) is 0 Å². The number of hydrogen-bond acceptors (Lipinski definition) is 2. The van der Waals surface area contributed by atoms with Crippen LogP contribution in [0.25, 0.3) is 0 Å². The second-order valence-electron chi connectivity index (χ2n) is 6.45. The summed E-state index contributed by atoms with van der Waals surface area (Å²) in [6, 6.07) is 7.68. The lowest BCUT2D eigenvalue weighted by Crippen LogP contribution is -2.44. The third kappa shape index (κ3) is 2.98. The van der Waals surface area contributed by atoms with E-state index in [-0.39, 0.29) is 23.3 Å². The Balaban J connectivity index is 1.76. The zero-order chi connectivity index (χ0) is 15.7. The first-order valence-corrected chi connectivity index (χ1v) is 8.21. The van der Waals surface area contributed by atoms with E-state index in [0.29, 0.717) is 25.9 Å². The van der Waals surface area contributed by atoms with E-state index < -0.39 is 0 Å². The maximum Gasteiger partial charge on any atom is 0.229 e. The molecule has 0 radical (unpaired) electrons. The molecule has 1 heterocycles. The van der Waals surface area contributed by atoms with E-state index >= 15 is 0 Å². The average Bonchev–Trinajstić information content (AvgIpc) is 3.27. The Bertz CT molecular complexity index is 598. The maximum absolute atomic E-state index is 13.0. The van der Waals surface area contributed by atoms with E-state index in [0.717, 1.165) is 23.4 Å². The van der Waals surface area contributed by atoms with Gasteiger partial charge in [-0.25, -0.2) is 0 Å². The number of carbonyl (C=O) groups excluding carboxylic acids is 2. The summed E-state index contributed by atoms with van der Waals surface area (Å²) in [7, 11) is 0. The minimum absolute atomic E-state index is 0.0266. The highest BCUT2D eigenvalue weighted by atomic mass is 35.5. The molecule has 3 rings (SSSR count). The smallest absolute Gasteiger partial charge is 0.229 e. The number of benzene rings is 1. The molecule has 1 N–H and O–H groups in total. The summed E-state index contributed by atoms with van der Waals surface area (Å²) in [4.78, 5) is 26.5. The molecule has 1 unspecified atom stereocenters. The summed E-state index contributed by atoms with van der Waals surface area (Å²) in [6.45, 7) is 3.08. The van der Waals surface area contributed by atoms with Crippen molar-refractivity contribution in [3.05, 3.63) is 34.9 Å². The number of amides is 2. The number of nitrogens with one attached hydrogen (secondary N) is 1. The fourth-order valence-corrected chi connectivity index (χ4v) is 3.42. The summed E-state index contributed by atoms with van der Waals surface area (Å²) in [5.41, 5.74) is 0.721. The normalized spacial score (nSPS) is 23.6. The highest BCUT2D eigenvalue weighted by molar-refractivity contribution is 6.31. The molecule has 2 fully saturated rings. The van der Waals surface area contributed by atoms with Gasteiger partial charge in [0.25, 0.3) is 0 Å². The Kier molecular flexibility index (Phi) is 4.13. The molecule has 22 heavy (non-hydrogen) atoms. The van der Waals surface area contributed by atoms with Gasteiger partial charge in [-0.1, -0.05) is 29.8 Å². The summed E-state index contributed by atoms with van der Waals surface area (Å²) in [5.74, 6) is 0.204. The first-order valence-electron chi connectivity index (χ1n) is 7.83. The lowest BCUT2D eigenvalue weighted by atomic mass is 9.94. The molecule has 0 aromatic heterocycles. The van der Waals surface area contributed by atoms with Gasteiger partial charge in [0.2, 0.25) is 11.8 Å². The average molecular weight is 321 g/mol. The van der Waals surface area contributed by atoms with Crippen LogP contribution in [0.5, 0.6) is 0 Å². The van der Waals surface area contributed by atoms with Crippen molar-refractivity contribution in [1.82, 2.24) is 10.2 Å². The zero-order valence-corrected chi connectivity index (χ0v) is 13.5. The Morgan fingerprint density at radius 2 is 2.14 bits per heavy atom. The van der Waals surface area contributed by atoms with Gasteiger partial charge in [-0.15, -0.1) is 0 Å². The minimum Gasteiger partial charge on any atom is -0.354 e. The van der Waals surface area contributed by atoms with Crippen LogP contribution < -0.4 is 5.32 Å². The van der Waals surface area contributed by atoms with Gasteiger partial charge in [-0.2, -0.15) is 0 Å². The number of carbonyl (C=O) groups is 2. The molecular formula is C17H21ClN2O2. The third-order valence-electron chi connectivity index (χ3n) is 4.74.